The number of hydrogen-bond acceptors (Lipinski definition) is 3. The number of hydrogen-bond donors (Lipinski definition) is 1. The van der Waals surface area contributed by atoms with Crippen molar-refractivity contribution in [3.8, 4) is 5.75 Å². The second-order valence-electron chi connectivity index (χ2n) is 7.21. The van der Waals surface area contributed by atoms with Crippen LogP contribution in [0.4, 0.5) is 5.69 Å². The first-order valence-corrected chi connectivity index (χ1v) is 10.4. The highest BCUT2D eigenvalue weighted by Crippen LogP contribution is 2.52. The van der Waals surface area contributed by atoms with E-state index < -0.39 is 0 Å². The molecular weight excluding hydrogens is 338 g/mol. The predicted octanol–water partition coefficient (Wildman–Crippen LogP) is 6.19. The Morgan fingerprint density at radius 1 is 1.23 bits per heavy atom. The monoisotopic (exact) mass is 363 g/mol. The van der Waals surface area contributed by atoms with Crippen LogP contribution in [-0.2, 0) is 0 Å². The van der Waals surface area contributed by atoms with Crippen LogP contribution in [0.1, 0.15) is 36.4 Å². The van der Waals surface area contributed by atoms with E-state index in [0.29, 0.717) is 24.5 Å². The lowest BCUT2D eigenvalue weighted by molar-refractivity contribution is 0.348. The van der Waals surface area contributed by atoms with Crippen LogP contribution < -0.4 is 10.1 Å². The van der Waals surface area contributed by atoms with Crippen LogP contribution in [0.3, 0.4) is 0 Å². The molecule has 3 atom stereocenters. The van der Waals surface area contributed by atoms with Crippen molar-refractivity contribution in [2.45, 2.75) is 30.2 Å². The summed E-state index contributed by atoms with van der Waals surface area (Å²) in [6, 6.07) is 15.7. The van der Waals surface area contributed by atoms with E-state index in [-0.39, 0.29) is 0 Å². The minimum atomic E-state index is 0.299. The second-order valence-corrected chi connectivity index (χ2v) is 8.09. The van der Waals surface area contributed by atoms with Crippen LogP contribution in [0.25, 0.3) is 0 Å². The van der Waals surface area contributed by atoms with E-state index in [4.69, 9.17) is 4.74 Å². The Balaban J connectivity index is 1.71. The maximum Gasteiger partial charge on any atom is 0.143 e. The molecule has 1 N–H and O–H groups in total. The van der Waals surface area contributed by atoms with Gasteiger partial charge in [-0.25, -0.2) is 0 Å². The Bertz CT molecular complexity index is 840. The number of benzene rings is 2. The summed E-state index contributed by atoms with van der Waals surface area (Å²) in [4.78, 5) is 1.30. The van der Waals surface area contributed by atoms with Gasteiger partial charge < -0.3 is 10.1 Å². The average molecular weight is 364 g/mol. The average Bonchev–Trinajstić information content (AvgIpc) is 3.16. The summed E-state index contributed by atoms with van der Waals surface area (Å²) >= 11 is 1.78. The van der Waals surface area contributed by atoms with E-state index in [1.165, 1.54) is 16.0 Å². The number of thioether (sulfide) groups is 1. The molecule has 3 heteroatoms. The van der Waals surface area contributed by atoms with Gasteiger partial charge in [-0.05, 0) is 60.4 Å². The van der Waals surface area contributed by atoms with Crippen LogP contribution >= 0.6 is 11.8 Å². The summed E-state index contributed by atoms with van der Waals surface area (Å²) in [6.45, 7) is 6.50. The molecule has 3 unspecified atom stereocenters. The number of ether oxygens (including phenoxy) is 1. The largest absolute Gasteiger partial charge is 0.487 e. The van der Waals surface area contributed by atoms with Crippen molar-refractivity contribution in [3.63, 3.8) is 0 Å². The second kappa shape index (κ2) is 7.24. The van der Waals surface area contributed by atoms with Crippen LogP contribution in [0.5, 0.6) is 5.75 Å². The molecule has 0 saturated carbocycles. The van der Waals surface area contributed by atoms with Crippen molar-refractivity contribution in [1.29, 1.82) is 0 Å². The van der Waals surface area contributed by atoms with Crippen molar-refractivity contribution in [2.24, 2.45) is 5.92 Å². The fourth-order valence-corrected chi connectivity index (χ4v) is 4.46. The van der Waals surface area contributed by atoms with Crippen molar-refractivity contribution < 1.29 is 4.74 Å². The molecular formula is C23H25NOS. The molecule has 1 aliphatic heterocycles. The highest BCUT2D eigenvalue weighted by molar-refractivity contribution is 7.98. The van der Waals surface area contributed by atoms with Gasteiger partial charge in [-0.2, -0.15) is 0 Å². The minimum Gasteiger partial charge on any atom is -0.487 e. The number of para-hydroxylation sites is 1. The fourth-order valence-electron chi connectivity index (χ4n) is 4.06. The molecule has 0 bridgehead atoms. The van der Waals surface area contributed by atoms with Gasteiger partial charge in [0.25, 0.3) is 0 Å². The summed E-state index contributed by atoms with van der Waals surface area (Å²) < 4.78 is 6.05. The van der Waals surface area contributed by atoms with Gasteiger partial charge in [0.05, 0.1) is 11.7 Å². The molecule has 0 amide bonds. The number of rotatable bonds is 5. The van der Waals surface area contributed by atoms with Crippen LogP contribution in [0, 0.1) is 5.92 Å². The van der Waals surface area contributed by atoms with Gasteiger partial charge in [0.1, 0.15) is 12.4 Å². The summed E-state index contributed by atoms with van der Waals surface area (Å²) in [5.74, 6) is 1.93. The Morgan fingerprint density at radius 3 is 2.77 bits per heavy atom. The summed E-state index contributed by atoms with van der Waals surface area (Å²) in [6.07, 6.45) is 7.93. The first kappa shape index (κ1) is 17.3. The van der Waals surface area contributed by atoms with Gasteiger partial charge in [0.2, 0.25) is 0 Å². The maximum absolute atomic E-state index is 6.05. The molecule has 2 aromatic carbocycles. The molecule has 0 spiro atoms. The van der Waals surface area contributed by atoms with Gasteiger partial charge >= 0.3 is 0 Å². The van der Waals surface area contributed by atoms with E-state index in [1.807, 2.05) is 6.92 Å². The summed E-state index contributed by atoms with van der Waals surface area (Å²) in [7, 11) is 0. The highest BCUT2D eigenvalue weighted by Gasteiger charge is 2.38. The quantitative estimate of drug-likeness (QED) is 0.505. The molecule has 4 rings (SSSR count). The Labute approximate surface area is 160 Å². The summed E-state index contributed by atoms with van der Waals surface area (Å²) in [5.41, 5.74) is 4.86. The molecule has 26 heavy (non-hydrogen) atoms. The minimum absolute atomic E-state index is 0.299. The smallest absolute Gasteiger partial charge is 0.143 e. The van der Waals surface area contributed by atoms with Gasteiger partial charge in [0.15, 0.2) is 0 Å². The fraction of sp³-hybridized carbons (Fsp3) is 0.304. The van der Waals surface area contributed by atoms with E-state index >= 15 is 0 Å². The Hall–Kier alpha value is -2.13. The van der Waals surface area contributed by atoms with Gasteiger partial charge in [-0.15, -0.1) is 11.8 Å². The first-order chi connectivity index (χ1) is 12.7. The number of anilines is 1. The molecule has 0 fully saturated rings. The van der Waals surface area contributed by atoms with Gasteiger partial charge in [-0.1, -0.05) is 43.0 Å². The topological polar surface area (TPSA) is 21.3 Å². The maximum atomic E-state index is 6.05. The molecule has 2 aromatic rings. The zero-order valence-electron chi connectivity index (χ0n) is 15.4. The molecule has 2 nitrogen and oxygen atoms in total. The molecule has 0 aromatic heterocycles. The summed E-state index contributed by atoms with van der Waals surface area (Å²) in [5, 5.41) is 3.81. The molecule has 2 aliphatic rings. The van der Waals surface area contributed by atoms with Crippen LogP contribution in [0.15, 0.2) is 71.7 Å². The predicted molar refractivity (Wildman–Crippen MR) is 111 cm³/mol. The Morgan fingerprint density at radius 2 is 2.04 bits per heavy atom. The molecule has 0 saturated heterocycles. The van der Waals surface area contributed by atoms with Crippen molar-refractivity contribution in [2.75, 3.05) is 18.2 Å². The normalized spacial score (nSPS) is 23.1. The lowest BCUT2D eigenvalue weighted by Gasteiger charge is -2.38. The zero-order valence-corrected chi connectivity index (χ0v) is 16.2. The zero-order chi connectivity index (χ0) is 18.1. The lowest BCUT2D eigenvalue weighted by atomic mass is 9.77. The molecule has 134 valence electrons. The molecule has 0 radical (unpaired) electrons. The lowest BCUT2D eigenvalue weighted by Crippen LogP contribution is -2.29. The third-order valence-electron chi connectivity index (χ3n) is 5.31. The third-order valence-corrected chi connectivity index (χ3v) is 6.05. The van der Waals surface area contributed by atoms with Crippen LogP contribution in [0.2, 0.25) is 0 Å². The van der Waals surface area contributed by atoms with Crippen molar-refractivity contribution in [1.82, 2.24) is 0 Å². The van der Waals surface area contributed by atoms with E-state index in [0.717, 1.165) is 23.4 Å². The van der Waals surface area contributed by atoms with E-state index in [1.54, 1.807) is 11.8 Å². The molecule has 1 aliphatic carbocycles. The number of fused-ring (bicyclic) bond motifs is 3. The Kier molecular flexibility index (Phi) is 4.82. The van der Waals surface area contributed by atoms with Crippen molar-refractivity contribution in [3.05, 3.63) is 77.9 Å². The highest BCUT2D eigenvalue weighted by atomic mass is 32.2. The number of nitrogens with one attached hydrogen (secondary N) is 1. The SMILES string of the molecule is C=C(C)COc1cccc2c1NC(c1ccc(SC)cc1)C1CC=CC21. The van der Waals surface area contributed by atoms with Crippen molar-refractivity contribution >= 4 is 17.4 Å². The van der Waals surface area contributed by atoms with E-state index in [2.05, 4.69) is 72.8 Å². The first-order valence-electron chi connectivity index (χ1n) is 9.14. The van der Waals surface area contributed by atoms with Gasteiger partial charge in [0, 0.05) is 10.8 Å². The van der Waals surface area contributed by atoms with Crippen LogP contribution in [-0.4, -0.2) is 12.9 Å². The third kappa shape index (κ3) is 3.16. The van der Waals surface area contributed by atoms with E-state index in [9.17, 15) is 0 Å². The number of allylic oxidation sites excluding steroid dienone is 2. The van der Waals surface area contributed by atoms with Gasteiger partial charge in [-0.3, -0.25) is 0 Å². The standard InChI is InChI=1S/C23H25NOS/c1-15(2)14-25-21-9-5-8-20-18-6-4-7-19(18)22(24-23(20)21)16-10-12-17(26-3)13-11-16/h4-6,8-13,18-19,22,24H,1,7,14H2,2-3H3. The molecule has 1 heterocycles.